The van der Waals surface area contributed by atoms with Crippen molar-refractivity contribution in [1.29, 1.82) is 0 Å². The number of aromatic nitrogens is 2. The molecular weight excluding hydrogens is 288 g/mol. The summed E-state index contributed by atoms with van der Waals surface area (Å²) >= 11 is 0. The van der Waals surface area contributed by atoms with Gasteiger partial charge in [0.05, 0.1) is 22.8 Å². The van der Waals surface area contributed by atoms with Crippen molar-refractivity contribution >= 4 is 16.9 Å². The molecule has 23 heavy (non-hydrogen) atoms. The summed E-state index contributed by atoms with van der Waals surface area (Å²) in [5, 5.41) is 9.73. The van der Waals surface area contributed by atoms with Crippen LogP contribution in [0.1, 0.15) is 25.0 Å². The Morgan fingerprint density at radius 2 is 1.70 bits per heavy atom. The van der Waals surface area contributed by atoms with Gasteiger partial charge in [0.25, 0.3) is 0 Å². The Labute approximate surface area is 137 Å². The number of para-hydroxylation sites is 2. The van der Waals surface area contributed by atoms with E-state index < -0.39 is 0 Å². The maximum Gasteiger partial charge on any atom is 0.150 e. The van der Waals surface area contributed by atoms with E-state index >= 15 is 0 Å². The summed E-state index contributed by atoms with van der Waals surface area (Å²) < 4.78 is 0. The summed E-state index contributed by atoms with van der Waals surface area (Å²) in [5.74, 6) is 1.03. The molecule has 1 atom stereocenters. The zero-order chi connectivity index (χ0) is 15.8. The Hall–Kier alpha value is -1.72. The van der Waals surface area contributed by atoms with Crippen molar-refractivity contribution in [2.75, 3.05) is 31.1 Å². The third-order valence-electron chi connectivity index (χ3n) is 5.20. The summed E-state index contributed by atoms with van der Waals surface area (Å²) in [6.45, 7) is 5.98. The van der Waals surface area contributed by atoms with Crippen molar-refractivity contribution in [2.24, 2.45) is 0 Å². The standard InChI is InChI=1S/C18H24N4O/c1-13-18(20-17-5-3-2-4-16(17)19-13)21-9-6-14(7-10-21)22-11-8-15(23)12-22/h2-5,14-15,23H,6-12H2,1H3. The lowest BCUT2D eigenvalue weighted by atomic mass is 10.0. The SMILES string of the molecule is Cc1nc2ccccc2nc1N1CCC(N2CCC(O)C2)CC1. The first-order valence-corrected chi connectivity index (χ1v) is 8.61. The number of aliphatic hydroxyl groups is 1. The summed E-state index contributed by atoms with van der Waals surface area (Å²) in [4.78, 5) is 14.4. The van der Waals surface area contributed by atoms with Crippen molar-refractivity contribution in [1.82, 2.24) is 14.9 Å². The van der Waals surface area contributed by atoms with Crippen molar-refractivity contribution in [3.8, 4) is 0 Å². The third kappa shape index (κ3) is 2.91. The lowest BCUT2D eigenvalue weighted by molar-refractivity contribution is 0.148. The number of piperidine rings is 1. The molecule has 2 aliphatic rings. The van der Waals surface area contributed by atoms with Gasteiger partial charge < -0.3 is 10.0 Å². The molecule has 0 saturated carbocycles. The number of likely N-dealkylation sites (tertiary alicyclic amines) is 1. The second kappa shape index (κ2) is 6.06. The summed E-state index contributed by atoms with van der Waals surface area (Å²) in [6, 6.07) is 8.68. The van der Waals surface area contributed by atoms with E-state index in [1.54, 1.807) is 0 Å². The van der Waals surface area contributed by atoms with Gasteiger partial charge in [-0.3, -0.25) is 4.90 Å². The number of hydrogen-bond acceptors (Lipinski definition) is 5. The van der Waals surface area contributed by atoms with Gasteiger partial charge in [0, 0.05) is 32.2 Å². The van der Waals surface area contributed by atoms with E-state index in [-0.39, 0.29) is 6.10 Å². The Kier molecular flexibility index (Phi) is 3.91. The van der Waals surface area contributed by atoms with Crippen LogP contribution in [0.4, 0.5) is 5.82 Å². The van der Waals surface area contributed by atoms with E-state index in [2.05, 4.69) is 16.7 Å². The van der Waals surface area contributed by atoms with Crippen LogP contribution in [0.2, 0.25) is 0 Å². The Morgan fingerprint density at radius 1 is 1.00 bits per heavy atom. The fourth-order valence-corrected chi connectivity index (χ4v) is 3.92. The largest absolute Gasteiger partial charge is 0.392 e. The topological polar surface area (TPSA) is 52.5 Å². The fourth-order valence-electron chi connectivity index (χ4n) is 3.92. The van der Waals surface area contributed by atoms with Gasteiger partial charge in [-0.2, -0.15) is 0 Å². The van der Waals surface area contributed by atoms with Crippen LogP contribution in [0.5, 0.6) is 0 Å². The number of fused-ring (bicyclic) bond motifs is 1. The molecule has 0 aliphatic carbocycles. The second-order valence-electron chi connectivity index (χ2n) is 6.78. The fraction of sp³-hybridized carbons (Fsp3) is 0.556. The molecule has 0 radical (unpaired) electrons. The highest BCUT2D eigenvalue weighted by atomic mass is 16.3. The lowest BCUT2D eigenvalue weighted by Crippen LogP contribution is -2.44. The lowest BCUT2D eigenvalue weighted by Gasteiger charge is -2.37. The predicted molar refractivity (Wildman–Crippen MR) is 91.7 cm³/mol. The number of hydrogen-bond donors (Lipinski definition) is 1. The average molecular weight is 312 g/mol. The number of rotatable bonds is 2. The molecule has 1 unspecified atom stereocenters. The minimum atomic E-state index is -0.123. The molecule has 1 N–H and O–H groups in total. The molecule has 2 aliphatic heterocycles. The van der Waals surface area contributed by atoms with E-state index in [1.807, 2.05) is 24.3 Å². The maximum absolute atomic E-state index is 9.73. The molecule has 4 rings (SSSR count). The van der Waals surface area contributed by atoms with Gasteiger partial charge in [-0.1, -0.05) is 12.1 Å². The second-order valence-corrected chi connectivity index (χ2v) is 6.78. The van der Waals surface area contributed by atoms with Gasteiger partial charge in [0.15, 0.2) is 5.82 Å². The van der Waals surface area contributed by atoms with E-state index in [0.717, 1.165) is 68.0 Å². The van der Waals surface area contributed by atoms with Gasteiger partial charge >= 0.3 is 0 Å². The molecule has 2 aromatic rings. The van der Waals surface area contributed by atoms with Crippen molar-refractivity contribution in [2.45, 2.75) is 38.3 Å². The summed E-state index contributed by atoms with van der Waals surface area (Å²) in [5.41, 5.74) is 2.95. The number of benzene rings is 1. The first-order chi connectivity index (χ1) is 11.2. The predicted octanol–water partition coefficient (Wildman–Crippen LogP) is 1.97. The molecule has 2 saturated heterocycles. The highest BCUT2D eigenvalue weighted by Gasteiger charge is 2.30. The number of nitrogens with zero attached hydrogens (tertiary/aromatic N) is 4. The van der Waals surface area contributed by atoms with E-state index in [1.165, 1.54) is 0 Å². The van der Waals surface area contributed by atoms with Crippen LogP contribution < -0.4 is 4.90 Å². The van der Waals surface area contributed by atoms with Crippen molar-refractivity contribution < 1.29 is 5.11 Å². The van der Waals surface area contributed by atoms with Crippen LogP contribution in [0.3, 0.4) is 0 Å². The highest BCUT2D eigenvalue weighted by molar-refractivity contribution is 5.76. The van der Waals surface area contributed by atoms with Gasteiger partial charge in [0.1, 0.15) is 0 Å². The molecule has 0 bridgehead atoms. The van der Waals surface area contributed by atoms with Crippen LogP contribution in [0.25, 0.3) is 11.0 Å². The molecule has 3 heterocycles. The van der Waals surface area contributed by atoms with Crippen LogP contribution in [0, 0.1) is 6.92 Å². The third-order valence-corrected chi connectivity index (χ3v) is 5.20. The van der Waals surface area contributed by atoms with Gasteiger partial charge in [-0.15, -0.1) is 0 Å². The average Bonchev–Trinajstić information content (AvgIpc) is 3.01. The Morgan fingerprint density at radius 3 is 2.35 bits per heavy atom. The quantitative estimate of drug-likeness (QED) is 0.919. The molecule has 1 aromatic heterocycles. The molecule has 1 aromatic carbocycles. The number of aliphatic hydroxyl groups excluding tert-OH is 1. The summed E-state index contributed by atoms with van der Waals surface area (Å²) in [7, 11) is 0. The molecule has 0 amide bonds. The van der Waals surface area contributed by atoms with Gasteiger partial charge in [-0.05, 0) is 38.3 Å². The first kappa shape index (κ1) is 14.8. The van der Waals surface area contributed by atoms with Gasteiger partial charge in [0.2, 0.25) is 0 Å². The van der Waals surface area contributed by atoms with Crippen LogP contribution >= 0.6 is 0 Å². The number of β-amino-alcohol motifs (C(OH)–C–C–N with tert-alkyl or cyclic N) is 1. The molecule has 2 fully saturated rings. The van der Waals surface area contributed by atoms with Gasteiger partial charge in [-0.25, -0.2) is 9.97 Å². The minimum absolute atomic E-state index is 0.123. The molecular formula is C18H24N4O. The normalized spacial score (nSPS) is 23.7. The molecule has 122 valence electrons. The maximum atomic E-state index is 9.73. The highest BCUT2D eigenvalue weighted by Crippen LogP contribution is 2.26. The first-order valence-electron chi connectivity index (χ1n) is 8.61. The molecule has 5 nitrogen and oxygen atoms in total. The van der Waals surface area contributed by atoms with E-state index in [0.29, 0.717) is 6.04 Å². The van der Waals surface area contributed by atoms with Crippen LogP contribution in [-0.2, 0) is 0 Å². The zero-order valence-corrected chi connectivity index (χ0v) is 13.6. The minimum Gasteiger partial charge on any atom is -0.392 e. The van der Waals surface area contributed by atoms with Crippen molar-refractivity contribution in [3.63, 3.8) is 0 Å². The van der Waals surface area contributed by atoms with Crippen LogP contribution in [-0.4, -0.2) is 58.3 Å². The number of anilines is 1. The Bertz CT molecular complexity index is 696. The monoisotopic (exact) mass is 312 g/mol. The van der Waals surface area contributed by atoms with E-state index in [9.17, 15) is 5.11 Å². The molecule has 5 heteroatoms. The van der Waals surface area contributed by atoms with Crippen molar-refractivity contribution in [3.05, 3.63) is 30.0 Å². The summed E-state index contributed by atoms with van der Waals surface area (Å²) in [6.07, 6.45) is 3.08. The van der Waals surface area contributed by atoms with Crippen LogP contribution in [0.15, 0.2) is 24.3 Å². The smallest absolute Gasteiger partial charge is 0.150 e. The van der Waals surface area contributed by atoms with E-state index in [4.69, 9.17) is 9.97 Å². The zero-order valence-electron chi connectivity index (χ0n) is 13.6. The number of aryl methyl sites for hydroxylation is 1. The Balaban J connectivity index is 1.49. The molecule has 0 spiro atoms.